The number of nitrogens with one attached hydrogen (secondary N) is 1. The Bertz CT molecular complexity index is 511. The van der Waals surface area contributed by atoms with E-state index in [4.69, 9.17) is 20.8 Å². The van der Waals surface area contributed by atoms with Gasteiger partial charge in [0, 0.05) is 24.1 Å². The molecule has 4 nitrogen and oxygen atoms in total. The molecule has 0 saturated heterocycles. The first-order valence-electron chi connectivity index (χ1n) is 5.18. The Kier molecular flexibility index (Phi) is 3.54. The predicted molar refractivity (Wildman–Crippen MR) is 66.9 cm³/mol. The monoisotopic (exact) mass is 252 g/mol. The minimum absolute atomic E-state index is 0.501. The summed E-state index contributed by atoms with van der Waals surface area (Å²) in [5.41, 5.74) is 0.971. The van der Waals surface area contributed by atoms with Crippen LogP contribution in [0.15, 0.2) is 28.8 Å². The third kappa shape index (κ3) is 2.71. The van der Waals surface area contributed by atoms with Gasteiger partial charge in [-0.05, 0) is 18.2 Å². The highest BCUT2D eigenvalue weighted by molar-refractivity contribution is 6.30. The van der Waals surface area contributed by atoms with Gasteiger partial charge in [-0.1, -0.05) is 11.6 Å². The van der Waals surface area contributed by atoms with Gasteiger partial charge in [-0.3, -0.25) is 0 Å². The first-order chi connectivity index (χ1) is 8.22. The van der Waals surface area contributed by atoms with Crippen molar-refractivity contribution >= 4 is 17.6 Å². The van der Waals surface area contributed by atoms with Crippen LogP contribution in [0.3, 0.4) is 0 Å². The van der Waals surface area contributed by atoms with Crippen molar-refractivity contribution in [2.75, 3.05) is 19.5 Å². The van der Waals surface area contributed by atoms with Crippen LogP contribution in [0.5, 0.6) is 5.75 Å². The smallest absolute Gasteiger partial charge is 0.294 e. The van der Waals surface area contributed by atoms with E-state index in [-0.39, 0.29) is 0 Å². The number of oxazole rings is 1. The molecule has 0 fully saturated rings. The van der Waals surface area contributed by atoms with Crippen LogP contribution >= 0.6 is 11.6 Å². The highest BCUT2D eigenvalue weighted by Gasteiger charge is 2.08. The van der Waals surface area contributed by atoms with Crippen molar-refractivity contribution in [2.45, 2.75) is 6.42 Å². The maximum Gasteiger partial charge on any atom is 0.294 e. The van der Waals surface area contributed by atoms with E-state index in [1.54, 1.807) is 26.4 Å². The quantitative estimate of drug-likeness (QED) is 0.909. The molecule has 1 aromatic heterocycles. The van der Waals surface area contributed by atoms with E-state index in [0.717, 1.165) is 17.1 Å². The zero-order chi connectivity index (χ0) is 12.3. The van der Waals surface area contributed by atoms with Gasteiger partial charge in [-0.15, -0.1) is 0 Å². The van der Waals surface area contributed by atoms with Gasteiger partial charge in [-0.2, -0.15) is 0 Å². The molecule has 2 aromatic rings. The molecule has 1 aromatic carbocycles. The summed E-state index contributed by atoms with van der Waals surface area (Å²) in [6.07, 6.45) is 2.28. The van der Waals surface area contributed by atoms with Crippen molar-refractivity contribution < 1.29 is 9.15 Å². The summed E-state index contributed by atoms with van der Waals surface area (Å²) in [6.45, 7) is 0. The van der Waals surface area contributed by atoms with Crippen LogP contribution in [-0.2, 0) is 6.42 Å². The van der Waals surface area contributed by atoms with Crippen molar-refractivity contribution in [2.24, 2.45) is 0 Å². The molecule has 0 aliphatic carbocycles. The minimum atomic E-state index is 0.501. The first-order valence-corrected chi connectivity index (χ1v) is 5.55. The van der Waals surface area contributed by atoms with Gasteiger partial charge >= 0.3 is 0 Å². The van der Waals surface area contributed by atoms with E-state index in [2.05, 4.69) is 10.3 Å². The maximum absolute atomic E-state index is 5.96. The molecule has 0 unspecified atom stereocenters. The lowest BCUT2D eigenvalue weighted by Crippen LogP contribution is -1.93. The highest BCUT2D eigenvalue weighted by Crippen LogP contribution is 2.25. The standard InChI is InChI=1S/C12H13ClN2O2/c1-14-12-15-7-10(17-12)6-8-5-9(13)3-4-11(8)16-2/h3-5,7H,6H2,1-2H3,(H,14,15). The van der Waals surface area contributed by atoms with E-state index in [1.165, 1.54) is 0 Å². The largest absolute Gasteiger partial charge is 0.496 e. The van der Waals surface area contributed by atoms with Crippen molar-refractivity contribution in [3.05, 3.63) is 40.7 Å². The molecule has 0 atom stereocenters. The first kappa shape index (κ1) is 11.8. The minimum Gasteiger partial charge on any atom is -0.496 e. The molecule has 5 heteroatoms. The van der Waals surface area contributed by atoms with Gasteiger partial charge in [0.15, 0.2) is 0 Å². The van der Waals surface area contributed by atoms with E-state index in [0.29, 0.717) is 17.5 Å². The molecular weight excluding hydrogens is 240 g/mol. The van der Waals surface area contributed by atoms with Crippen molar-refractivity contribution in [3.8, 4) is 5.75 Å². The zero-order valence-electron chi connectivity index (χ0n) is 9.66. The second kappa shape index (κ2) is 5.10. The summed E-state index contributed by atoms with van der Waals surface area (Å²) in [6, 6.07) is 6.00. The fourth-order valence-corrected chi connectivity index (χ4v) is 1.77. The predicted octanol–water partition coefficient (Wildman–Crippen LogP) is 2.97. The fourth-order valence-electron chi connectivity index (χ4n) is 1.58. The average Bonchev–Trinajstić information content (AvgIpc) is 2.77. The van der Waals surface area contributed by atoms with Crippen LogP contribution in [0.1, 0.15) is 11.3 Å². The van der Waals surface area contributed by atoms with E-state index < -0.39 is 0 Å². The number of nitrogens with zero attached hydrogens (tertiary/aromatic N) is 1. The van der Waals surface area contributed by atoms with Crippen LogP contribution in [0.25, 0.3) is 0 Å². The van der Waals surface area contributed by atoms with Gasteiger partial charge in [0.05, 0.1) is 13.3 Å². The Morgan fingerprint density at radius 1 is 1.47 bits per heavy atom. The molecule has 0 saturated carbocycles. The van der Waals surface area contributed by atoms with E-state index in [1.807, 2.05) is 12.1 Å². The number of halogens is 1. The number of benzene rings is 1. The van der Waals surface area contributed by atoms with Crippen LogP contribution in [0.4, 0.5) is 6.01 Å². The van der Waals surface area contributed by atoms with Crippen molar-refractivity contribution in [3.63, 3.8) is 0 Å². The summed E-state index contributed by atoms with van der Waals surface area (Å²) >= 11 is 5.96. The molecule has 0 spiro atoms. The Balaban J connectivity index is 2.25. The van der Waals surface area contributed by atoms with E-state index in [9.17, 15) is 0 Å². The van der Waals surface area contributed by atoms with Gasteiger partial charge < -0.3 is 14.5 Å². The zero-order valence-corrected chi connectivity index (χ0v) is 10.4. The van der Waals surface area contributed by atoms with Crippen LogP contribution in [-0.4, -0.2) is 19.1 Å². The van der Waals surface area contributed by atoms with E-state index >= 15 is 0 Å². The number of aromatic nitrogens is 1. The third-order valence-electron chi connectivity index (χ3n) is 2.37. The van der Waals surface area contributed by atoms with Crippen LogP contribution in [0.2, 0.25) is 5.02 Å². The lowest BCUT2D eigenvalue weighted by atomic mass is 10.1. The number of methoxy groups -OCH3 is 1. The topological polar surface area (TPSA) is 47.3 Å². The molecule has 90 valence electrons. The molecule has 0 aliphatic rings. The summed E-state index contributed by atoms with van der Waals surface area (Å²) in [7, 11) is 3.39. The molecule has 1 N–H and O–H groups in total. The third-order valence-corrected chi connectivity index (χ3v) is 2.61. The Morgan fingerprint density at radius 3 is 2.94 bits per heavy atom. The highest BCUT2D eigenvalue weighted by atomic mass is 35.5. The van der Waals surface area contributed by atoms with Crippen molar-refractivity contribution in [1.29, 1.82) is 0 Å². The summed E-state index contributed by atoms with van der Waals surface area (Å²) in [5, 5.41) is 3.51. The molecule has 2 rings (SSSR count). The number of anilines is 1. The van der Waals surface area contributed by atoms with Gasteiger partial charge in [-0.25, -0.2) is 4.98 Å². The van der Waals surface area contributed by atoms with Crippen LogP contribution < -0.4 is 10.1 Å². The Morgan fingerprint density at radius 2 is 2.29 bits per heavy atom. The van der Waals surface area contributed by atoms with Gasteiger partial charge in [0.1, 0.15) is 11.5 Å². The maximum atomic E-state index is 5.96. The summed E-state index contributed by atoms with van der Waals surface area (Å²) < 4.78 is 10.7. The second-order valence-electron chi connectivity index (χ2n) is 3.51. The molecule has 1 heterocycles. The average molecular weight is 253 g/mol. The normalized spacial score (nSPS) is 10.3. The number of ether oxygens (including phenoxy) is 1. The number of rotatable bonds is 4. The summed E-state index contributed by atoms with van der Waals surface area (Å²) in [5.74, 6) is 1.55. The molecule has 0 aliphatic heterocycles. The molecule has 0 radical (unpaired) electrons. The van der Waals surface area contributed by atoms with Crippen molar-refractivity contribution in [1.82, 2.24) is 4.98 Å². The molecule has 0 amide bonds. The number of hydrogen-bond acceptors (Lipinski definition) is 4. The Hall–Kier alpha value is -1.68. The van der Waals surface area contributed by atoms with Gasteiger partial charge in [0.25, 0.3) is 6.01 Å². The lowest BCUT2D eigenvalue weighted by Gasteiger charge is -2.07. The van der Waals surface area contributed by atoms with Crippen LogP contribution in [0, 0.1) is 0 Å². The number of hydrogen-bond donors (Lipinski definition) is 1. The fraction of sp³-hybridized carbons (Fsp3) is 0.250. The SMILES string of the molecule is CNc1ncc(Cc2cc(Cl)ccc2OC)o1. The summed E-state index contributed by atoms with van der Waals surface area (Å²) in [4.78, 5) is 4.06. The second-order valence-corrected chi connectivity index (χ2v) is 3.95. The molecule has 0 bridgehead atoms. The van der Waals surface area contributed by atoms with Gasteiger partial charge in [0.2, 0.25) is 0 Å². The lowest BCUT2D eigenvalue weighted by molar-refractivity contribution is 0.409. The Labute approximate surface area is 105 Å². The molecular formula is C12H13ClN2O2. The molecule has 17 heavy (non-hydrogen) atoms.